The second-order valence-corrected chi connectivity index (χ2v) is 4.14. The number of hydrogen-bond donors (Lipinski definition) is 3. The Kier molecular flexibility index (Phi) is 4.05. The van der Waals surface area contributed by atoms with Crippen LogP contribution in [0.1, 0.15) is 23.2 Å². The highest BCUT2D eigenvalue weighted by Gasteiger charge is 2.11. The summed E-state index contributed by atoms with van der Waals surface area (Å²) in [5.41, 5.74) is 6.07. The van der Waals surface area contributed by atoms with Crippen LogP contribution in [-0.4, -0.2) is 11.9 Å². The number of hydrogen-bond acceptors (Lipinski definition) is 3. The van der Waals surface area contributed by atoms with Crippen molar-refractivity contribution in [3.8, 4) is 0 Å². The number of nitrogens with one attached hydrogen (secondary N) is 2. The van der Waals surface area contributed by atoms with E-state index in [2.05, 4.69) is 10.6 Å². The quantitative estimate of drug-likeness (QED) is 0.798. The molecule has 6 heteroatoms. The number of carbonyl (C=O) groups is 2. The van der Waals surface area contributed by atoms with Crippen LogP contribution in [0.5, 0.6) is 0 Å². The Morgan fingerprint density at radius 1 is 1.15 bits per heavy atom. The smallest absolute Gasteiger partial charge is 0.316 e. The lowest BCUT2D eigenvalue weighted by Crippen LogP contribution is -2.19. The Morgan fingerprint density at radius 2 is 1.85 bits per heavy atom. The summed E-state index contributed by atoms with van der Waals surface area (Å²) in [5, 5.41) is 5.12. The number of rotatable bonds is 4. The SMILES string of the molecule is CCc1ccc(C(=O)Nc2cccc(NC(N)=O)c2)o1. The van der Waals surface area contributed by atoms with Crippen LogP contribution >= 0.6 is 0 Å². The first kappa shape index (κ1) is 13.7. The topological polar surface area (TPSA) is 97.4 Å². The molecule has 0 aliphatic rings. The summed E-state index contributed by atoms with van der Waals surface area (Å²) in [4.78, 5) is 22.7. The predicted molar refractivity (Wildman–Crippen MR) is 75.7 cm³/mol. The first-order valence-electron chi connectivity index (χ1n) is 6.15. The zero-order valence-electron chi connectivity index (χ0n) is 11.0. The number of primary amides is 1. The maximum atomic E-state index is 12.0. The number of aryl methyl sites for hydroxylation is 1. The van der Waals surface area contributed by atoms with E-state index in [1.807, 2.05) is 6.92 Å². The lowest BCUT2D eigenvalue weighted by atomic mass is 10.2. The van der Waals surface area contributed by atoms with Gasteiger partial charge in [0, 0.05) is 17.8 Å². The molecule has 0 spiro atoms. The molecule has 1 aromatic carbocycles. The second-order valence-electron chi connectivity index (χ2n) is 4.14. The normalized spacial score (nSPS) is 10.1. The van der Waals surface area contributed by atoms with Crippen molar-refractivity contribution in [1.29, 1.82) is 0 Å². The fourth-order valence-electron chi connectivity index (χ4n) is 1.70. The van der Waals surface area contributed by atoms with Gasteiger partial charge in [-0.2, -0.15) is 0 Å². The highest BCUT2D eigenvalue weighted by molar-refractivity contribution is 6.02. The van der Waals surface area contributed by atoms with Crippen LogP contribution in [0.3, 0.4) is 0 Å². The summed E-state index contributed by atoms with van der Waals surface area (Å²) in [7, 11) is 0. The van der Waals surface area contributed by atoms with E-state index in [1.165, 1.54) is 0 Å². The van der Waals surface area contributed by atoms with Crippen LogP contribution in [0, 0.1) is 0 Å². The third-order valence-corrected chi connectivity index (χ3v) is 2.62. The van der Waals surface area contributed by atoms with Crippen LogP contribution in [0.15, 0.2) is 40.8 Å². The van der Waals surface area contributed by atoms with E-state index < -0.39 is 6.03 Å². The minimum Gasteiger partial charge on any atom is -0.456 e. The van der Waals surface area contributed by atoms with Crippen molar-refractivity contribution < 1.29 is 14.0 Å². The number of benzene rings is 1. The van der Waals surface area contributed by atoms with Gasteiger partial charge >= 0.3 is 6.03 Å². The minimum atomic E-state index is -0.660. The third-order valence-electron chi connectivity index (χ3n) is 2.62. The average molecular weight is 273 g/mol. The Bertz CT molecular complexity index is 634. The summed E-state index contributed by atoms with van der Waals surface area (Å²) in [6, 6.07) is 9.40. The fourth-order valence-corrected chi connectivity index (χ4v) is 1.70. The zero-order valence-corrected chi connectivity index (χ0v) is 11.0. The van der Waals surface area contributed by atoms with E-state index in [9.17, 15) is 9.59 Å². The largest absolute Gasteiger partial charge is 0.456 e. The van der Waals surface area contributed by atoms with E-state index >= 15 is 0 Å². The molecular weight excluding hydrogens is 258 g/mol. The lowest BCUT2D eigenvalue weighted by Gasteiger charge is -2.06. The maximum absolute atomic E-state index is 12.0. The molecule has 0 atom stereocenters. The van der Waals surface area contributed by atoms with Crippen LogP contribution in [-0.2, 0) is 6.42 Å². The number of carbonyl (C=O) groups excluding carboxylic acids is 2. The molecule has 0 saturated heterocycles. The summed E-state index contributed by atoms with van der Waals surface area (Å²) in [5.74, 6) is 0.648. The third kappa shape index (κ3) is 3.38. The Hall–Kier alpha value is -2.76. The monoisotopic (exact) mass is 273 g/mol. The van der Waals surface area contributed by atoms with Gasteiger partial charge in [0.1, 0.15) is 5.76 Å². The van der Waals surface area contributed by atoms with Gasteiger partial charge in [-0.25, -0.2) is 4.79 Å². The molecule has 2 aromatic rings. The fraction of sp³-hybridized carbons (Fsp3) is 0.143. The molecule has 0 bridgehead atoms. The van der Waals surface area contributed by atoms with Crippen molar-refractivity contribution in [2.24, 2.45) is 5.73 Å². The van der Waals surface area contributed by atoms with Gasteiger partial charge in [-0.3, -0.25) is 4.79 Å². The molecule has 1 aromatic heterocycles. The number of amides is 3. The van der Waals surface area contributed by atoms with Crippen molar-refractivity contribution in [1.82, 2.24) is 0 Å². The zero-order chi connectivity index (χ0) is 14.5. The molecular formula is C14H15N3O3. The van der Waals surface area contributed by atoms with Gasteiger partial charge in [0.25, 0.3) is 5.91 Å². The first-order chi connectivity index (χ1) is 9.58. The van der Waals surface area contributed by atoms with Gasteiger partial charge in [-0.05, 0) is 30.3 Å². The summed E-state index contributed by atoms with van der Waals surface area (Å²) < 4.78 is 5.36. The molecule has 0 aliphatic heterocycles. The molecule has 0 fully saturated rings. The van der Waals surface area contributed by atoms with Crippen molar-refractivity contribution in [3.05, 3.63) is 47.9 Å². The Balaban J connectivity index is 2.09. The summed E-state index contributed by atoms with van der Waals surface area (Å²) in [6.45, 7) is 1.94. The van der Waals surface area contributed by atoms with Gasteiger partial charge in [0.2, 0.25) is 0 Å². The number of nitrogens with two attached hydrogens (primary N) is 1. The first-order valence-corrected chi connectivity index (χ1v) is 6.15. The Labute approximate surface area is 116 Å². The van der Waals surface area contributed by atoms with E-state index in [4.69, 9.17) is 10.2 Å². The number of urea groups is 1. The van der Waals surface area contributed by atoms with Gasteiger partial charge in [-0.15, -0.1) is 0 Å². The molecule has 104 valence electrons. The van der Waals surface area contributed by atoms with E-state index in [0.29, 0.717) is 11.4 Å². The van der Waals surface area contributed by atoms with Crippen molar-refractivity contribution in [3.63, 3.8) is 0 Å². The number of furan rings is 1. The predicted octanol–water partition coefficient (Wildman–Crippen LogP) is 2.58. The molecule has 3 amide bonds. The van der Waals surface area contributed by atoms with E-state index in [1.54, 1.807) is 36.4 Å². The van der Waals surface area contributed by atoms with Crippen molar-refractivity contribution in [2.75, 3.05) is 10.6 Å². The van der Waals surface area contributed by atoms with Gasteiger partial charge in [-0.1, -0.05) is 13.0 Å². The molecule has 6 nitrogen and oxygen atoms in total. The van der Waals surface area contributed by atoms with Crippen molar-refractivity contribution in [2.45, 2.75) is 13.3 Å². The summed E-state index contributed by atoms with van der Waals surface area (Å²) in [6.07, 6.45) is 0.727. The Morgan fingerprint density at radius 3 is 2.45 bits per heavy atom. The highest BCUT2D eigenvalue weighted by atomic mass is 16.3. The van der Waals surface area contributed by atoms with E-state index in [-0.39, 0.29) is 11.7 Å². The molecule has 1 heterocycles. The highest BCUT2D eigenvalue weighted by Crippen LogP contribution is 2.17. The van der Waals surface area contributed by atoms with Crippen LogP contribution < -0.4 is 16.4 Å². The maximum Gasteiger partial charge on any atom is 0.316 e. The molecule has 0 radical (unpaired) electrons. The minimum absolute atomic E-state index is 0.245. The standard InChI is InChI=1S/C14H15N3O3/c1-2-11-6-7-12(20-11)13(18)16-9-4-3-5-10(8-9)17-14(15)19/h3-8H,2H2,1H3,(H,16,18)(H3,15,17,19). The van der Waals surface area contributed by atoms with Crippen molar-refractivity contribution >= 4 is 23.3 Å². The molecule has 0 unspecified atom stereocenters. The van der Waals surface area contributed by atoms with Crippen LogP contribution in [0.4, 0.5) is 16.2 Å². The molecule has 2 rings (SSSR count). The van der Waals surface area contributed by atoms with Gasteiger partial charge in [0.15, 0.2) is 5.76 Å². The van der Waals surface area contributed by atoms with Gasteiger partial charge < -0.3 is 20.8 Å². The lowest BCUT2D eigenvalue weighted by molar-refractivity contribution is 0.0995. The molecule has 20 heavy (non-hydrogen) atoms. The van der Waals surface area contributed by atoms with Gasteiger partial charge in [0.05, 0.1) is 0 Å². The molecule has 0 aliphatic carbocycles. The average Bonchev–Trinajstić information content (AvgIpc) is 2.87. The van der Waals surface area contributed by atoms with Crippen LogP contribution in [0.2, 0.25) is 0 Å². The van der Waals surface area contributed by atoms with Crippen LogP contribution in [0.25, 0.3) is 0 Å². The van der Waals surface area contributed by atoms with E-state index in [0.717, 1.165) is 12.2 Å². The summed E-state index contributed by atoms with van der Waals surface area (Å²) >= 11 is 0. The molecule has 4 N–H and O–H groups in total. The second kappa shape index (κ2) is 5.92. The number of anilines is 2. The molecule has 0 saturated carbocycles.